The Hall–Kier alpha value is -2.08. The summed E-state index contributed by atoms with van der Waals surface area (Å²) in [4.78, 5) is 21.9. The van der Waals surface area contributed by atoms with Gasteiger partial charge in [-0.1, -0.05) is 6.07 Å². The van der Waals surface area contributed by atoms with Crippen molar-refractivity contribution >= 4 is 11.9 Å². The van der Waals surface area contributed by atoms with Crippen molar-refractivity contribution in [2.45, 2.75) is 6.10 Å². The average Bonchev–Trinajstić information content (AvgIpc) is 2.35. The molecule has 1 amide bonds. The molecule has 1 aromatic rings. The van der Waals surface area contributed by atoms with Gasteiger partial charge in [0.05, 0.1) is 13.7 Å². The van der Waals surface area contributed by atoms with Crippen molar-refractivity contribution in [1.29, 1.82) is 0 Å². The number of aliphatic hydroxyl groups excluding tert-OH is 1. The van der Waals surface area contributed by atoms with Crippen LogP contribution in [0.5, 0.6) is 5.75 Å². The lowest BCUT2D eigenvalue weighted by molar-refractivity contribution is -0.146. The Morgan fingerprint density at radius 3 is 2.76 bits per heavy atom. The number of carbonyl (C=O) groups excluding carboxylic acids is 1. The summed E-state index contributed by atoms with van der Waals surface area (Å²) in [5, 5.41) is 19.7. The minimum absolute atomic E-state index is 0.335. The summed E-state index contributed by atoms with van der Waals surface area (Å²) in [6, 6.07) is 6.40. The van der Waals surface area contributed by atoms with E-state index in [9.17, 15) is 9.59 Å². The van der Waals surface area contributed by atoms with Crippen molar-refractivity contribution in [1.82, 2.24) is 5.32 Å². The summed E-state index contributed by atoms with van der Waals surface area (Å²) in [6.45, 7) is -0.342. The SMILES string of the molecule is COc1cccc(C(=O)NCC(O)C(=O)O)c1. The Labute approximate surface area is 97.8 Å². The summed E-state index contributed by atoms with van der Waals surface area (Å²) in [7, 11) is 1.48. The van der Waals surface area contributed by atoms with Crippen molar-refractivity contribution in [3.63, 3.8) is 0 Å². The number of aliphatic carboxylic acids is 1. The fourth-order valence-electron chi connectivity index (χ4n) is 1.14. The first-order valence-electron chi connectivity index (χ1n) is 4.87. The molecule has 3 N–H and O–H groups in total. The summed E-state index contributed by atoms with van der Waals surface area (Å²) in [5.41, 5.74) is 0.335. The van der Waals surface area contributed by atoms with Crippen molar-refractivity contribution in [2.24, 2.45) is 0 Å². The summed E-state index contributed by atoms with van der Waals surface area (Å²) in [5.74, 6) is -1.32. The fourth-order valence-corrected chi connectivity index (χ4v) is 1.14. The van der Waals surface area contributed by atoms with E-state index in [1.807, 2.05) is 0 Å². The lowest BCUT2D eigenvalue weighted by atomic mass is 10.2. The van der Waals surface area contributed by atoms with Crippen LogP contribution in [0, 0.1) is 0 Å². The number of carboxylic acid groups (broad SMARTS) is 1. The lowest BCUT2D eigenvalue weighted by Crippen LogP contribution is -2.36. The van der Waals surface area contributed by atoms with Gasteiger partial charge in [0.1, 0.15) is 5.75 Å². The highest BCUT2D eigenvalue weighted by Crippen LogP contribution is 2.12. The van der Waals surface area contributed by atoms with E-state index >= 15 is 0 Å². The smallest absolute Gasteiger partial charge is 0.334 e. The van der Waals surface area contributed by atoms with E-state index < -0.39 is 18.0 Å². The maximum absolute atomic E-state index is 11.6. The predicted molar refractivity (Wildman–Crippen MR) is 59.0 cm³/mol. The van der Waals surface area contributed by atoms with E-state index in [-0.39, 0.29) is 6.54 Å². The van der Waals surface area contributed by atoms with Gasteiger partial charge in [-0.2, -0.15) is 0 Å². The number of hydrogen-bond donors (Lipinski definition) is 3. The topological polar surface area (TPSA) is 95.9 Å². The highest BCUT2D eigenvalue weighted by Gasteiger charge is 2.14. The van der Waals surface area contributed by atoms with Crippen LogP contribution in [0.2, 0.25) is 0 Å². The number of ether oxygens (including phenoxy) is 1. The Bertz CT molecular complexity index is 418. The van der Waals surface area contributed by atoms with E-state index in [1.54, 1.807) is 18.2 Å². The molecule has 0 fully saturated rings. The summed E-state index contributed by atoms with van der Waals surface area (Å²) in [6.07, 6.45) is -1.61. The third kappa shape index (κ3) is 3.76. The molecular weight excluding hydrogens is 226 g/mol. The van der Waals surface area contributed by atoms with Gasteiger partial charge in [-0.05, 0) is 18.2 Å². The zero-order chi connectivity index (χ0) is 12.8. The van der Waals surface area contributed by atoms with Gasteiger partial charge in [0.25, 0.3) is 5.91 Å². The molecule has 0 aromatic heterocycles. The Morgan fingerprint density at radius 2 is 2.18 bits per heavy atom. The van der Waals surface area contributed by atoms with E-state index in [0.717, 1.165) is 0 Å². The quantitative estimate of drug-likeness (QED) is 0.665. The third-order valence-corrected chi connectivity index (χ3v) is 2.07. The lowest BCUT2D eigenvalue weighted by Gasteiger charge is -2.08. The molecule has 0 aliphatic heterocycles. The van der Waals surface area contributed by atoms with Gasteiger partial charge in [0.2, 0.25) is 0 Å². The molecule has 1 rings (SSSR count). The Balaban J connectivity index is 2.60. The molecule has 0 bridgehead atoms. The van der Waals surface area contributed by atoms with E-state index in [2.05, 4.69) is 5.32 Å². The molecule has 1 unspecified atom stereocenters. The van der Waals surface area contributed by atoms with Gasteiger partial charge in [-0.15, -0.1) is 0 Å². The van der Waals surface area contributed by atoms with Crippen LogP contribution in [0.3, 0.4) is 0 Å². The number of rotatable bonds is 5. The Morgan fingerprint density at radius 1 is 1.47 bits per heavy atom. The third-order valence-electron chi connectivity index (χ3n) is 2.07. The molecule has 0 aliphatic rings. The van der Waals surface area contributed by atoms with E-state index in [1.165, 1.54) is 13.2 Å². The van der Waals surface area contributed by atoms with Crippen LogP contribution >= 0.6 is 0 Å². The second-order valence-corrected chi connectivity index (χ2v) is 3.30. The minimum Gasteiger partial charge on any atom is -0.497 e. The monoisotopic (exact) mass is 239 g/mol. The molecule has 0 spiro atoms. The molecule has 1 atom stereocenters. The van der Waals surface area contributed by atoms with E-state index in [0.29, 0.717) is 11.3 Å². The minimum atomic E-state index is -1.61. The van der Waals surface area contributed by atoms with Gasteiger partial charge in [0, 0.05) is 5.56 Å². The predicted octanol–water partition coefficient (Wildman–Crippen LogP) is -0.130. The zero-order valence-corrected chi connectivity index (χ0v) is 9.21. The van der Waals surface area contributed by atoms with Crippen LogP contribution in [0.1, 0.15) is 10.4 Å². The van der Waals surface area contributed by atoms with E-state index in [4.69, 9.17) is 14.9 Å². The van der Waals surface area contributed by atoms with Crippen LogP contribution in [0.25, 0.3) is 0 Å². The number of hydrogen-bond acceptors (Lipinski definition) is 4. The van der Waals surface area contributed by atoms with Gasteiger partial charge in [-0.3, -0.25) is 4.79 Å². The first-order chi connectivity index (χ1) is 8.04. The van der Waals surface area contributed by atoms with Gasteiger partial charge < -0.3 is 20.3 Å². The fraction of sp³-hybridized carbons (Fsp3) is 0.273. The molecule has 0 saturated heterocycles. The van der Waals surface area contributed by atoms with Crippen molar-refractivity contribution in [2.75, 3.05) is 13.7 Å². The van der Waals surface area contributed by atoms with Crippen LogP contribution in [0.4, 0.5) is 0 Å². The van der Waals surface area contributed by atoms with Crippen LogP contribution in [-0.2, 0) is 4.79 Å². The van der Waals surface area contributed by atoms with Crippen molar-refractivity contribution in [3.8, 4) is 5.75 Å². The van der Waals surface area contributed by atoms with Gasteiger partial charge in [-0.25, -0.2) is 4.79 Å². The van der Waals surface area contributed by atoms with Crippen molar-refractivity contribution < 1.29 is 24.5 Å². The largest absolute Gasteiger partial charge is 0.497 e. The molecule has 0 aliphatic carbocycles. The summed E-state index contributed by atoms with van der Waals surface area (Å²) < 4.78 is 4.95. The molecule has 92 valence electrons. The molecular formula is C11H13NO5. The second-order valence-electron chi connectivity index (χ2n) is 3.30. The number of carbonyl (C=O) groups is 2. The number of aliphatic hydroxyl groups is 1. The maximum atomic E-state index is 11.6. The number of methoxy groups -OCH3 is 1. The first kappa shape index (κ1) is 13.0. The number of amides is 1. The Kier molecular flexibility index (Phi) is 4.47. The summed E-state index contributed by atoms with van der Waals surface area (Å²) >= 11 is 0. The highest BCUT2D eigenvalue weighted by atomic mass is 16.5. The van der Waals surface area contributed by atoms with Gasteiger partial charge in [0.15, 0.2) is 6.10 Å². The number of nitrogens with one attached hydrogen (secondary N) is 1. The van der Waals surface area contributed by atoms with Crippen LogP contribution < -0.4 is 10.1 Å². The number of benzene rings is 1. The normalized spacial score (nSPS) is 11.6. The molecule has 17 heavy (non-hydrogen) atoms. The first-order valence-corrected chi connectivity index (χ1v) is 4.87. The second kappa shape index (κ2) is 5.86. The maximum Gasteiger partial charge on any atom is 0.334 e. The van der Waals surface area contributed by atoms with Crippen LogP contribution in [0.15, 0.2) is 24.3 Å². The molecule has 6 nitrogen and oxygen atoms in total. The van der Waals surface area contributed by atoms with Crippen molar-refractivity contribution in [3.05, 3.63) is 29.8 Å². The molecule has 0 radical (unpaired) electrons. The average molecular weight is 239 g/mol. The highest BCUT2D eigenvalue weighted by molar-refractivity contribution is 5.94. The molecule has 6 heteroatoms. The van der Waals surface area contributed by atoms with Crippen LogP contribution in [-0.4, -0.2) is 41.8 Å². The molecule has 0 saturated carbocycles. The molecule has 1 aromatic carbocycles. The van der Waals surface area contributed by atoms with Gasteiger partial charge >= 0.3 is 5.97 Å². The standard InChI is InChI=1S/C11H13NO5/c1-17-8-4-2-3-7(5-8)10(14)12-6-9(13)11(15)16/h2-5,9,13H,6H2,1H3,(H,12,14)(H,15,16). The number of carboxylic acids is 1. The zero-order valence-electron chi connectivity index (χ0n) is 9.21. The molecule has 0 heterocycles.